The van der Waals surface area contributed by atoms with Gasteiger partial charge in [-0.05, 0) is 125 Å². The number of aromatic nitrogens is 1. The minimum atomic E-state index is -1.11. The van der Waals surface area contributed by atoms with Gasteiger partial charge in [-0.15, -0.1) is 0 Å². The number of ether oxygens (including phenoxy) is 6. The first-order valence-corrected chi connectivity index (χ1v) is 37.2. The summed E-state index contributed by atoms with van der Waals surface area (Å²) < 4.78 is 30.7. The van der Waals surface area contributed by atoms with Crippen LogP contribution in [0.2, 0.25) is 0 Å². The fourth-order valence-electron chi connectivity index (χ4n) is 11.0. The average molecular weight is 1560 g/mol. The van der Waals surface area contributed by atoms with Crippen LogP contribution in [0.15, 0.2) is 173 Å². The first-order chi connectivity index (χ1) is 48.8. The third kappa shape index (κ3) is 32.8. The lowest BCUT2D eigenvalue weighted by Gasteiger charge is -2.28. The third-order valence-electron chi connectivity index (χ3n) is 17.4. The lowest BCUT2D eigenvalue weighted by atomic mass is 9.85. The standard InChI is InChI=1S/C17H19NO2.C14H21NO2.C13H18BrNO2.C13H19NO2.C13H27NO2.C12H17BrN2O2/c1-20-16(19)17(18,12-14-8-4-2-5-9-14)13-15-10-6-3-7-11-15;1-3-4-10-14(15,13(16)17-2)11-12-8-6-5-7-9-12;1-3-4-8-13(15,12(16)17-2)10-6-5-7-11(14)9-10;1-3-4-10-13(14,12(15)16-2)11-8-6-5-7-9-11;1-10(2)6-8-13(14,12(15)16-5)9-7-11(3)4;1-3-4-5-12(14,11(16)17-2)9-6-10(13)8-15-7-9/h2-11H,12-13,18H2,1H3;5-9H,3-4,10-11,15H2,1-2H3;5-7,9H,3-4,8,15H2,1-2H3;5-9H,3-4,10,14H2,1-2H3;10-11H,6-9,14H2,1-5H3;6-8H,3-5,14H2,1-2H3. The highest BCUT2D eigenvalue weighted by Crippen LogP contribution is 2.31. The van der Waals surface area contributed by atoms with Gasteiger partial charge in [0, 0.05) is 46.2 Å². The van der Waals surface area contributed by atoms with Gasteiger partial charge in [0.05, 0.1) is 42.7 Å². The molecule has 0 aliphatic rings. The molecule has 6 aromatic rings. The molecule has 0 bridgehead atoms. The monoisotopic (exact) mass is 1550 g/mol. The SMILES string of the molecule is CCCCC(N)(C(=O)OC)c1cccc(Br)c1.CCCCC(N)(C(=O)OC)c1ccccc1.CCCCC(N)(C(=O)OC)c1cncc(Br)c1.CCCCC(N)(Cc1ccccc1)C(=O)OC.COC(=O)C(N)(CCC(C)C)CCC(C)C.COC(=O)C(N)(Cc1ccccc1)Cc1ccccc1. The summed E-state index contributed by atoms with van der Waals surface area (Å²) in [7, 11) is 8.27. The minimum absolute atomic E-state index is 0.270. The maximum Gasteiger partial charge on any atom is 0.330 e. The number of benzene rings is 5. The number of methoxy groups -OCH3 is 6. The molecule has 1 heterocycles. The summed E-state index contributed by atoms with van der Waals surface area (Å²) >= 11 is 6.71. The molecule has 0 fully saturated rings. The molecule has 6 rings (SSSR count). The van der Waals surface area contributed by atoms with E-state index < -0.39 is 39.2 Å². The normalized spacial score (nSPS) is 13.2. The number of halogens is 2. The Kier molecular flexibility index (Phi) is 45.1. The lowest BCUT2D eigenvalue weighted by molar-refractivity contribution is -0.148. The van der Waals surface area contributed by atoms with Gasteiger partial charge >= 0.3 is 35.8 Å². The van der Waals surface area contributed by atoms with Gasteiger partial charge in [-0.3, -0.25) is 19.4 Å². The van der Waals surface area contributed by atoms with Crippen LogP contribution in [0.25, 0.3) is 0 Å². The van der Waals surface area contributed by atoms with Gasteiger partial charge in [0.1, 0.15) is 33.2 Å². The molecule has 0 spiro atoms. The first-order valence-electron chi connectivity index (χ1n) is 35.6. The van der Waals surface area contributed by atoms with Crippen molar-refractivity contribution in [1.29, 1.82) is 0 Å². The molecule has 5 aromatic carbocycles. The Morgan fingerprint density at radius 2 is 0.650 bits per heavy atom. The van der Waals surface area contributed by atoms with E-state index in [9.17, 15) is 28.8 Å². The van der Waals surface area contributed by atoms with Gasteiger partial charge in [-0.1, -0.05) is 256 Å². The van der Waals surface area contributed by atoms with Gasteiger partial charge in [0.25, 0.3) is 0 Å². The van der Waals surface area contributed by atoms with Crippen molar-refractivity contribution in [2.75, 3.05) is 42.7 Å². The third-order valence-corrected chi connectivity index (χ3v) is 18.4. The highest BCUT2D eigenvalue weighted by molar-refractivity contribution is 9.10. The Balaban J connectivity index is 0.000000619. The Morgan fingerprint density at radius 1 is 0.350 bits per heavy atom. The van der Waals surface area contributed by atoms with Crippen LogP contribution in [0, 0.1) is 11.8 Å². The number of hydrogen-bond donors (Lipinski definition) is 6. The quantitative estimate of drug-likeness (QED) is 0.0165. The summed E-state index contributed by atoms with van der Waals surface area (Å²) in [5.41, 5.74) is 36.8. The molecule has 19 nitrogen and oxygen atoms in total. The molecule has 4 unspecified atom stereocenters. The smallest absolute Gasteiger partial charge is 0.330 e. The molecule has 21 heteroatoms. The van der Waals surface area contributed by atoms with Crippen molar-refractivity contribution in [3.8, 4) is 0 Å². The molecule has 103 heavy (non-hydrogen) atoms. The number of pyridine rings is 1. The number of nitrogens with zero attached hydrogens (tertiary/aromatic N) is 1. The number of hydrogen-bond acceptors (Lipinski definition) is 19. The minimum Gasteiger partial charge on any atom is -0.468 e. The molecule has 1 aromatic heterocycles. The predicted molar refractivity (Wildman–Crippen MR) is 420 cm³/mol. The average Bonchev–Trinajstić information content (AvgIpc) is 0.827. The van der Waals surface area contributed by atoms with Crippen LogP contribution < -0.4 is 34.4 Å². The molecular weight excluding hydrogens is 1430 g/mol. The van der Waals surface area contributed by atoms with Crippen molar-refractivity contribution < 1.29 is 57.2 Å². The number of carbonyl (C=O) groups excluding carboxylic acids is 6. The van der Waals surface area contributed by atoms with E-state index in [2.05, 4.69) is 92.2 Å². The summed E-state index contributed by atoms with van der Waals surface area (Å²) in [6.07, 6.45) is 18.0. The van der Waals surface area contributed by atoms with Crippen LogP contribution in [0.1, 0.15) is 192 Å². The number of carbonyl (C=O) groups is 6. The Labute approximate surface area is 632 Å². The second-order valence-corrected chi connectivity index (χ2v) is 28.7. The van der Waals surface area contributed by atoms with Crippen LogP contribution in [-0.2, 0) is 93.1 Å². The van der Waals surface area contributed by atoms with Crippen molar-refractivity contribution in [2.24, 2.45) is 46.2 Å². The zero-order valence-electron chi connectivity index (χ0n) is 63.7. The fraction of sp³-hybridized carbons (Fsp3) is 0.500. The summed E-state index contributed by atoms with van der Waals surface area (Å²) in [4.78, 5) is 75.2. The molecule has 0 radical (unpaired) electrons. The highest BCUT2D eigenvalue weighted by Gasteiger charge is 2.41. The van der Waals surface area contributed by atoms with Crippen molar-refractivity contribution in [1.82, 2.24) is 4.98 Å². The van der Waals surface area contributed by atoms with E-state index in [1.54, 1.807) is 18.5 Å². The van der Waals surface area contributed by atoms with Crippen LogP contribution in [0.3, 0.4) is 0 Å². The largest absolute Gasteiger partial charge is 0.468 e. The zero-order valence-corrected chi connectivity index (χ0v) is 66.9. The van der Waals surface area contributed by atoms with E-state index >= 15 is 0 Å². The van der Waals surface area contributed by atoms with E-state index in [1.807, 2.05) is 146 Å². The number of esters is 6. The van der Waals surface area contributed by atoms with Crippen molar-refractivity contribution in [3.63, 3.8) is 0 Å². The van der Waals surface area contributed by atoms with E-state index in [0.717, 1.165) is 101 Å². The van der Waals surface area contributed by atoms with E-state index in [1.165, 1.54) is 42.7 Å². The topological polar surface area (TPSA) is 327 Å². The molecule has 0 saturated carbocycles. The Hall–Kier alpha value is -7.21. The van der Waals surface area contributed by atoms with E-state index in [0.29, 0.717) is 75.2 Å². The van der Waals surface area contributed by atoms with Crippen molar-refractivity contribution >= 4 is 67.7 Å². The van der Waals surface area contributed by atoms with Gasteiger partial charge in [-0.2, -0.15) is 0 Å². The Bertz CT molecular complexity index is 3250. The van der Waals surface area contributed by atoms with Gasteiger partial charge in [-0.25, -0.2) is 14.4 Å². The summed E-state index contributed by atoms with van der Waals surface area (Å²) in [5, 5.41) is 0. The Morgan fingerprint density at radius 3 is 0.990 bits per heavy atom. The van der Waals surface area contributed by atoms with Crippen LogP contribution in [0.4, 0.5) is 0 Å². The molecule has 570 valence electrons. The maximum atomic E-state index is 12.1. The fourth-order valence-corrected chi connectivity index (χ4v) is 11.8. The number of unbranched alkanes of at least 4 members (excludes halogenated alkanes) is 4. The predicted octanol–water partition coefficient (Wildman–Crippen LogP) is 14.9. The molecule has 4 atom stereocenters. The first kappa shape index (κ1) is 93.8. The van der Waals surface area contributed by atoms with E-state index in [4.69, 9.17) is 62.8 Å². The summed E-state index contributed by atoms with van der Waals surface area (Å²) in [6, 6.07) is 48.0. The molecule has 0 aliphatic heterocycles. The van der Waals surface area contributed by atoms with Crippen LogP contribution >= 0.6 is 31.9 Å². The molecule has 12 N–H and O–H groups in total. The molecule has 0 aliphatic carbocycles. The summed E-state index contributed by atoms with van der Waals surface area (Å²) in [5.74, 6) is -1.03. The number of rotatable bonds is 33. The molecule has 0 saturated heterocycles. The molecule has 0 amide bonds. The maximum absolute atomic E-state index is 12.1. The van der Waals surface area contributed by atoms with Crippen LogP contribution in [-0.4, -0.2) is 100 Å². The second kappa shape index (κ2) is 49.5. The van der Waals surface area contributed by atoms with Gasteiger partial charge in [0.15, 0.2) is 0 Å². The van der Waals surface area contributed by atoms with Crippen molar-refractivity contribution in [3.05, 3.63) is 206 Å². The van der Waals surface area contributed by atoms with Gasteiger partial charge in [0.2, 0.25) is 0 Å². The van der Waals surface area contributed by atoms with Crippen LogP contribution in [0.5, 0.6) is 0 Å². The lowest BCUT2D eigenvalue weighted by Crippen LogP contribution is -2.52. The highest BCUT2D eigenvalue weighted by atomic mass is 79.9. The molecular formula is C82H121Br2N7O12. The summed E-state index contributed by atoms with van der Waals surface area (Å²) in [6.45, 7) is 16.8. The van der Waals surface area contributed by atoms with E-state index in [-0.39, 0.29) is 29.8 Å². The van der Waals surface area contributed by atoms with Crippen molar-refractivity contribution in [2.45, 2.75) is 211 Å². The number of nitrogens with two attached hydrogens (primary N) is 6. The zero-order chi connectivity index (χ0) is 77.7. The second-order valence-electron chi connectivity index (χ2n) is 26.9. The van der Waals surface area contributed by atoms with Gasteiger partial charge < -0.3 is 62.8 Å².